The number of rotatable bonds is 0. The zero-order valence-corrected chi connectivity index (χ0v) is 27.0. The summed E-state index contributed by atoms with van der Waals surface area (Å²) in [5, 5.41) is 7.59. The van der Waals surface area contributed by atoms with Crippen molar-refractivity contribution in [2.24, 2.45) is 0 Å². The van der Waals surface area contributed by atoms with E-state index in [2.05, 4.69) is 0 Å². The van der Waals surface area contributed by atoms with Crippen molar-refractivity contribution in [3.63, 3.8) is 0 Å². The Balaban J connectivity index is 1.43. The number of aromatic nitrogens is 8. The number of nitrogens with zero attached hydrogens (tertiary/aromatic N) is 8. The molecule has 0 saturated carbocycles. The molecule has 0 radical (unpaired) electrons. The van der Waals surface area contributed by atoms with Gasteiger partial charge in [-0.2, -0.15) is 0 Å². The van der Waals surface area contributed by atoms with Crippen molar-refractivity contribution in [2.75, 3.05) is 46.0 Å². The Morgan fingerprint density at radius 2 is 0.350 bits per heavy atom. The van der Waals surface area contributed by atoms with Gasteiger partial charge in [0, 0.05) is 46.0 Å². The molecule has 200 valence electrons. The van der Waals surface area contributed by atoms with E-state index in [0.717, 1.165) is 86.2 Å². The highest BCUT2D eigenvalue weighted by atomic mass is 32.2. The van der Waals surface area contributed by atoms with Gasteiger partial charge in [-0.15, -0.1) is 94.1 Å². The minimum atomic E-state index is 0.714. The standard InChI is InChI=1S/C24H16N8S8/c1-2-34-18-17(33-1)25-9-10(26-18)12-14(30-22-21(28-12)37-5-6-38-22)16-15(31-23-24(32-16)40-8-7-39-23)13-11(9)27-19-20(29-13)36-4-3-35-19/h1-8H2. The molecule has 8 heterocycles. The second-order valence-electron chi connectivity index (χ2n) is 8.91. The van der Waals surface area contributed by atoms with Crippen LogP contribution in [0.3, 0.4) is 0 Å². The van der Waals surface area contributed by atoms with Crippen LogP contribution in [-0.2, 0) is 0 Å². The fourth-order valence-corrected chi connectivity index (χ4v) is 13.0. The van der Waals surface area contributed by atoms with E-state index in [9.17, 15) is 0 Å². The summed E-state index contributed by atoms with van der Waals surface area (Å²) >= 11 is 14.0. The highest BCUT2D eigenvalue weighted by molar-refractivity contribution is 8.06. The van der Waals surface area contributed by atoms with Crippen LogP contribution in [0.1, 0.15) is 0 Å². The Morgan fingerprint density at radius 3 is 0.475 bits per heavy atom. The molecule has 16 heteroatoms. The van der Waals surface area contributed by atoms with Crippen LogP contribution in [0.4, 0.5) is 0 Å². The fourth-order valence-electron chi connectivity index (χ4n) is 4.80. The minimum Gasteiger partial charge on any atom is -0.234 e. The van der Waals surface area contributed by atoms with Crippen LogP contribution < -0.4 is 0 Å². The van der Waals surface area contributed by atoms with Gasteiger partial charge in [0.25, 0.3) is 0 Å². The van der Waals surface area contributed by atoms with E-state index in [1.165, 1.54) is 0 Å². The largest absolute Gasteiger partial charge is 0.234 e. The van der Waals surface area contributed by atoms with Crippen LogP contribution >= 0.6 is 94.1 Å². The minimum absolute atomic E-state index is 0.714. The van der Waals surface area contributed by atoms with Gasteiger partial charge in [-0.25, -0.2) is 39.9 Å². The molecule has 40 heavy (non-hydrogen) atoms. The maximum absolute atomic E-state index is 5.24. The summed E-state index contributed by atoms with van der Waals surface area (Å²) in [5.74, 6) is 8.06. The summed E-state index contributed by atoms with van der Waals surface area (Å²) in [6, 6.07) is 0. The molecular weight excluding hydrogens is 657 g/mol. The highest BCUT2D eigenvalue weighted by Crippen LogP contribution is 2.50. The molecule has 9 rings (SSSR count). The van der Waals surface area contributed by atoms with Crippen molar-refractivity contribution < 1.29 is 0 Å². The predicted octanol–water partition coefficient (Wildman–Crippen LogP) is 6.62. The molecule has 0 bridgehead atoms. The lowest BCUT2D eigenvalue weighted by atomic mass is 10.0. The summed E-state index contributed by atoms with van der Waals surface area (Å²) in [6.45, 7) is 0. The van der Waals surface area contributed by atoms with E-state index < -0.39 is 0 Å². The lowest BCUT2D eigenvalue weighted by molar-refractivity contribution is 0.855. The second kappa shape index (κ2) is 10.4. The number of fused-ring (bicyclic) bond motifs is 12. The van der Waals surface area contributed by atoms with Crippen LogP contribution in [0.5, 0.6) is 0 Å². The Kier molecular flexibility index (Phi) is 6.65. The Morgan fingerprint density at radius 1 is 0.225 bits per heavy atom. The Labute approximate surface area is 263 Å². The lowest BCUT2D eigenvalue weighted by Gasteiger charge is -2.25. The van der Waals surface area contributed by atoms with Crippen LogP contribution in [0.2, 0.25) is 0 Å². The van der Waals surface area contributed by atoms with Crippen molar-refractivity contribution in [1.29, 1.82) is 0 Å². The molecule has 8 nitrogen and oxygen atoms in total. The second-order valence-corrected chi connectivity index (χ2v) is 17.6. The SMILES string of the molecule is C1CSc2nc3c(nc2S1)-c1nc2c(nc1-c1nc4c(nc1-c1nc5c(nc1-3)SCCS5)SCCS4)SCCS2. The van der Waals surface area contributed by atoms with E-state index in [1.54, 1.807) is 94.1 Å². The average molecular weight is 673 g/mol. The summed E-state index contributed by atoms with van der Waals surface area (Å²) < 4.78 is 0. The van der Waals surface area contributed by atoms with Gasteiger partial charge < -0.3 is 0 Å². The van der Waals surface area contributed by atoms with Crippen molar-refractivity contribution in [3.05, 3.63) is 0 Å². The van der Waals surface area contributed by atoms with Crippen molar-refractivity contribution >= 4 is 94.1 Å². The molecule has 0 saturated heterocycles. The number of hydrogen-bond acceptors (Lipinski definition) is 16. The van der Waals surface area contributed by atoms with Gasteiger partial charge in [-0.1, -0.05) is 0 Å². The molecular formula is C24H16N8S8. The van der Waals surface area contributed by atoms with Crippen LogP contribution in [0.25, 0.3) is 45.6 Å². The third-order valence-corrected chi connectivity index (χ3v) is 15.8. The maximum atomic E-state index is 5.24. The summed E-state index contributed by atoms with van der Waals surface area (Å²) in [7, 11) is 0. The smallest absolute Gasteiger partial charge is 0.129 e. The Hall–Kier alpha value is -0.880. The first-order valence-electron chi connectivity index (χ1n) is 12.5. The average Bonchev–Trinajstić information content (AvgIpc) is 3.02. The predicted molar refractivity (Wildman–Crippen MR) is 170 cm³/mol. The van der Waals surface area contributed by atoms with E-state index in [1.807, 2.05) is 0 Å². The summed E-state index contributed by atoms with van der Waals surface area (Å²) in [4.78, 5) is 41.9. The molecule has 0 atom stereocenters. The molecule has 4 aliphatic heterocycles. The zero-order chi connectivity index (χ0) is 26.2. The first kappa shape index (κ1) is 25.6. The van der Waals surface area contributed by atoms with E-state index in [4.69, 9.17) is 39.9 Å². The van der Waals surface area contributed by atoms with E-state index in [0.29, 0.717) is 45.6 Å². The molecule has 0 unspecified atom stereocenters. The molecule has 1 aliphatic carbocycles. The molecule has 0 fully saturated rings. The van der Waals surface area contributed by atoms with Crippen LogP contribution in [0, 0.1) is 0 Å². The molecule has 4 aromatic heterocycles. The van der Waals surface area contributed by atoms with Gasteiger partial charge in [0.15, 0.2) is 0 Å². The van der Waals surface area contributed by atoms with Crippen LogP contribution in [-0.4, -0.2) is 85.9 Å². The Bertz CT molecular complexity index is 1340. The first-order chi connectivity index (χ1) is 19.8. The van der Waals surface area contributed by atoms with Gasteiger partial charge in [-0.3, -0.25) is 0 Å². The molecule has 4 aromatic rings. The normalized spacial score (nSPS) is 18.4. The van der Waals surface area contributed by atoms with Gasteiger partial charge in [0.2, 0.25) is 0 Å². The van der Waals surface area contributed by atoms with Crippen molar-refractivity contribution in [1.82, 2.24) is 39.9 Å². The van der Waals surface area contributed by atoms with Gasteiger partial charge in [-0.05, 0) is 0 Å². The maximum Gasteiger partial charge on any atom is 0.129 e. The van der Waals surface area contributed by atoms with Gasteiger partial charge >= 0.3 is 0 Å². The quantitative estimate of drug-likeness (QED) is 0.176. The molecule has 0 aromatic carbocycles. The number of thioether (sulfide) groups is 8. The third-order valence-electron chi connectivity index (χ3n) is 6.48. The topological polar surface area (TPSA) is 103 Å². The van der Waals surface area contributed by atoms with Crippen molar-refractivity contribution in [2.45, 2.75) is 40.2 Å². The molecule has 0 spiro atoms. The van der Waals surface area contributed by atoms with E-state index in [-0.39, 0.29) is 0 Å². The molecule has 5 aliphatic rings. The van der Waals surface area contributed by atoms with Crippen LogP contribution in [0.15, 0.2) is 40.2 Å². The van der Waals surface area contributed by atoms with Gasteiger partial charge in [0.1, 0.15) is 85.8 Å². The first-order valence-corrected chi connectivity index (χ1v) is 20.4. The fraction of sp³-hybridized carbons (Fsp3) is 0.333. The van der Waals surface area contributed by atoms with E-state index >= 15 is 0 Å². The number of hydrogen-bond donors (Lipinski definition) is 0. The summed E-state index contributed by atoms with van der Waals surface area (Å²) in [6.07, 6.45) is 0. The summed E-state index contributed by atoms with van der Waals surface area (Å²) in [5.41, 5.74) is 5.71. The monoisotopic (exact) mass is 672 g/mol. The van der Waals surface area contributed by atoms with Gasteiger partial charge in [0.05, 0.1) is 0 Å². The zero-order valence-electron chi connectivity index (χ0n) is 20.5. The third kappa shape index (κ3) is 4.22. The van der Waals surface area contributed by atoms with Crippen molar-refractivity contribution in [3.8, 4) is 45.6 Å². The highest BCUT2D eigenvalue weighted by Gasteiger charge is 2.35. The lowest BCUT2D eigenvalue weighted by Crippen LogP contribution is -2.14. The molecule has 0 N–H and O–H groups in total. The molecule has 0 amide bonds.